The molecule has 0 heterocycles. The number of amides is 1. The molecule has 1 fully saturated rings. The summed E-state index contributed by atoms with van der Waals surface area (Å²) in [6.07, 6.45) is 2.58. The van der Waals surface area contributed by atoms with E-state index in [1.165, 1.54) is 0 Å². The number of carbonyl (C=O) groups excluding carboxylic acids is 1. The Hall–Kier alpha value is -1.24. The van der Waals surface area contributed by atoms with Gasteiger partial charge in [-0.15, -0.1) is 0 Å². The first kappa shape index (κ1) is 8.85. The molecule has 0 aromatic heterocycles. The summed E-state index contributed by atoms with van der Waals surface area (Å²) in [7, 11) is 0. The van der Waals surface area contributed by atoms with Gasteiger partial charge in [0.15, 0.2) is 0 Å². The summed E-state index contributed by atoms with van der Waals surface area (Å²) in [6, 6.07) is 2.13. The normalized spacial score (nSPS) is 28.9. The van der Waals surface area contributed by atoms with Crippen LogP contribution in [0.1, 0.15) is 25.7 Å². The van der Waals surface area contributed by atoms with Crippen LogP contribution in [0.15, 0.2) is 0 Å². The van der Waals surface area contributed by atoms with Gasteiger partial charge in [0.25, 0.3) is 0 Å². The van der Waals surface area contributed by atoms with Crippen molar-refractivity contribution in [3.05, 3.63) is 0 Å². The van der Waals surface area contributed by atoms with Gasteiger partial charge >= 0.3 is 6.09 Å². The van der Waals surface area contributed by atoms with Crippen LogP contribution in [0, 0.1) is 17.2 Å². The van der Waals surface area contributed by atoms with Crippen molar-refractivity contribution < 1.29 is 9.53 Å². The average Bonchev–Trinajstić information content (AvgIpc) is 2.04. The zero-order valence-electron chi connectivity index (χ0n) is 6.82. The molecule has 0 bridgehead atoms. The summed E-state index contributed by atoms with van der Waals surface area (Å²) in [5.41, 5.74) is 4.87. The van der Waals surface area contributed by atoms with Crippen molar-refractivity contribution in [2.24, 2.45) is 11.7 Å². The Morgan fingerprint density at radius 3 is 2.75 bits per heavy atom. The topological polar surface area (TPSA) is 76.1 Å². The molecule has 1 amide bonds. The van der Waals surface area contributed by atoms with Crippen molar-refractivity contribution in [1.29, 1.82) is 5.26 Å². The highest BCUT2D eigenvalue weighted by atomic mass is 16.6. The lowest BCUT2D eigenvalue weighted by Crippen LogP contribution is -2.31. The second kappa shape index (κ2) is 3.96. The van der Waals surface area contributed by atoms with E-state index < -0.39 is 6.09 Å². The molecule has 0 saturated heterocycles. The van der Waals surface area contributed by atoms with Gasteiger partial charge in [-0.25, -0.2) is 4.79 Å². The van der Waals surface area contributed by atoms with Gasteiger partial charge in [0.2, 0.25) is 0 Å². The first-order valence-corrected chi connectivity index (χ1v) is 4.09. The fourth-order valence-corrected chi connectivity index (χ4v) is 1.53. The van der Waals surface area contributed by atoms with E-state index in [1.54, 1.807) is 0 Å². The summed E-state index contributed by atoms with van der Waals surface area (Å²) < 4.78 is 4.81. The zero-order valence-corrected chi connectivity index (χ0v) is 6.82. The van der Waals surface area contributed by atoms with E-state index in [4.69, 9.17) is 15.7 Å². The summed E-state index contributed by atoms with van der Waals surface area (Å²) in [6.45, 7) is 0. The number of hydrogen-bond donors (Lipinski definition) is 1. The molecule has 66 valence electrons. The highest BCUT2D eigenvalue weighted by Gasteiger charge is 2.27. The van der Waals surface area contributed by atoms with E-state index in [-0.39, 0.29) is 12.0 Å². The number of hydrogen-bond acceptors (Lipinski definition) is 3. The summed E-state index contributed by atoms with van der Waals surface area (Å²) in [5, 5.41) is 8.69. The van der Waals surface area contributed by atoms with Gasteiger partial charge < -0.3 is 10.5 Å². The molecule has 2 N–H and O–H groups in total. The largest absolute Gasteiger partial charge is 0.445 e. The molecule has 4 heteroatoms. The quantitative estimate of drug-likeness (QED) is 0.638. The minimum absolute atomic E-state index is 0.161. The Bertz CT molecular complexity index is 210. The maximum Gasteiger partial charge on any atom is 0.404 e. The molecule has 0 aromatic rings. The maximum absolute atomic E-state index is 10.4. The molecule has 1 aliphatic rings. The molecule has 0 unspecified atom stereocenters. The predicted molar refractivity (Wildman–Crippen MR) is 42.0 cm³/mol. The van der Waals surface area contributed by atoms with Gasteiger partial charge in [-0.3, -0.25) is 0 Å². The van der Waals surface area contributed by atoms with Crippen LogP contribution in [0.25, 0.3) is 0 Å². The molecular formula is C8H12N2O2. The fraction of sp³-hybridized carbons (Fsp3) is 0.750. The number of nitrogens with zero attached hydrogens (tertiary/aromatic N) is 1. The van der Waals surface area contributed by atoms with Crippen LogP contribution in [0.2, 0.25) is 0 Å². The highest BCUT2D eigenvalue weighted by molar-refractivity contribution is 5.64. The third-order valence-corrected chi connectivity index (χ3v) is 2.14. The standard InChI is InChI=1S/C8H12N2O2/c9-5-6-3-1-2-4-7(6)12-8(10)11/h6-7H,1-4H2,(H2,10,11)/t6-,7+/m0/s1. The number of carbonyl (C=O) groups is 1. The van der Waals surface area contributed by atoms with Gasteiger partial charge in [-0.05, 0) is 19.3 Å². The molecule has 4 nitrogen and oxygen atoms in total. The molecule has 0 spiro atoms. The van der Waals surface area contributed by atoms with Gasteiger partial charge in [0.05, 0.1) is 12.0 Å². The van der Waals surface area contributed by atoms with Gasteiger partial charge in [-0.2, -0.15) is 5.26 Å². The Balaban J connectivity index is 2.48. The number of nitriles is 1. The molecule has 12 heavy (non-hydrogen) atoms. The molecule has 0 aromatic carbocycles. The van der Waals surface area contributed by atoms with Gasteiger partial charge in [-0.1, -0.05) is 6.42 Å². The first-order valence-electron chi connectivity index (χ1n) is 4.09. The second-order valence-corrected chi connectivity index (χ2v) is 3.00. The molecule has 1 saturated carbocycles. The first-order chi connectivity index (χ1) is 5.74. The maximum atomic E-state index is 10.4. The predicted octanol–water partition coefficient (Wildman–Crippen LogP) is 1.16. The van der Waals surface area contributed by atoms with Crippen LogP contribution >= 0.6 is 0 Å². The van der Waals surface area contributed by atoms with E-state index in [0.29, 0.717) is 0 Å². The van der Waals surface area contributed by atoms with Crippen molar-refractivity contribution in [2.75, 3.05) is 0 Å². The third-order valence-electron chi connectivity index (χ3n) is 2.14. The summed E-state index contributed by atoms with van der Waals surface area (Å²) >= 11 is 0. The molecule has 0 radical (unpaired) electrons. The summed E-state index contributed by atoms with van der Waals surface area (Å²) in [5.74, 6) is -0.161. The number of rotatable bonds is 1. The van der Waals surface area contributed by atoms with Crippen LogP contribution in [0.4, 0.5) is 4.79 Å². The third kappa shape index (κ3) is 2.12. The SMILES string of the molecule is N#C[C@@H]1CCCC[C@H]1OC(N)=O. The Labute approximate surface area is 71.3 Å². The van der Waals surface area contributed by atoms with E-state index in [9.17, 15) is 4.79 Å². The fourth-order valence-electron chi connectivity index (χ4n) is 1.53. The van der Waals surface area contributed by atoms with E-state index in [2.05, 4.69) is 6.07 Å². The highest BCUT2D eigenvalue weighted by Crippen LogP contribution is 2.25. The van der Waals surface area contributed by atoms with Gasteiger partial charge in [0, 0.05) is 0 Å². The Kier molecular flexibility index (Phi) is 2.92. The zero-order chi connectivity index (χ0) is 8.97. The molecule has 0 aliphatic heterocycles. The lowest BCUT2D eigenvalue weighted by atomic mass is 9.87. The van der Waals surface area contributed by atoms with Crippen molar-refractivity contribution in [3.8, 4) is 6.07 Å². The number of primary amides is 1. The van der Waals surface area contributed by atoms with Crippen LogP contribution in [-0.2, 0) is 4.74 Å². The summed E-state index contributed by atoms with van der Waals surface area (Å²) in [4.78, 5) is 10.4. The van der Waals surface area contributed by atoms with Crippen molar-refractivity contribution in [1.82, 2.24) is 0 Å². The van der Waals surface area contributed by atoms with Gasteiger partial charge in [0.1, 0.15) is 6.10 Å². The average molecular weight is 168 g/mol. The Morgan fingerprint density at radius 1 is 1.50 bits per heavy atom. The Morgan fingerprint density at radius 2 is 2.17 bits per heavy atom. The van der Waals surface area contributed by atoms with Crippen LogP contribution in [0.5, 0.6) is 0 Å². The lowest BCUT2D eigenvalue weighted by molar-refractivity contribution is 0.0610. The van der Waals surface area contributed by atoms with Crippen molar-refractivity contribution in [3.63, 3.8) is 0 Å². The second-order valence-electron chi connectivity index (χ2n) is 3.00. The van der Waals surface area contributed by atoms with Crippen LogP contribution in [-0.4, -0.2) is 12.2 Å². The molecule has 1 aliphatic carbocycles. The van der Waals surface area contributed by atoms with E-state index >= 15 is 0 Å². The smallest absolute Gasteiger partial charge is 0.404 e. The number of nitrogens with two attached hydrogens (primary N) is 1. The van der Waals surface area contributed by atoms with Crippen LogP contribution in [0.3, 0.4) is 0 Å². The van der Waals surface area contributed by atoms with E-state index in [1.807, 2.05) is 0 Å². The number of ether oxygens (including phenoxy) is 1. The lowest BCUT2D eigenvalue weighted by Gasteiger charge is -2.25. The minimum atomic E-state index is -0.776. The minimum Gasteiger partial charge on any atom is -0.445 e. The van der Waals surface area contributed by atoms with E-state index in [0.717, 1.165) is 25.7 Å². The van der Waals surface area contributed by atoms with Crippen LogP contribution < -0.4 is 5.73 Å². The molecule has 2 atom stereocenters. The molecule has 1 rings (SSSR count). The molecular weight excluding hydrogens is 156 g/mol. The monoisotopic (exact) mass is 168 g/mol. The van der Waals surface area contributed by atoms with Crippen molar-refractivity contribution >= 4 is 6.09 Å². The van der Waals surface area contributed by atoms with Crippen molar-refractivity contribution in [2.45, 2.75) is 31.8 Å².